The van der Waals surface area contributed by atoms with Gasteiger partial charge in [0.25, 0.3) is 0 Å². The maximum Gasteiger partial charge on any atom is 0.318 e. The van der Waals surface area contributed by atoms with Gasteiger partial charge in [-0.05, 0) is 43.9 Å². The fourth-order valence-corrected chi connectivity index (χ4v) is 4.52. The number of ether oxygens (including phenoxy) is 2. The molecule has 0 bridgehead atoms. The van der Waals surface area contributed by atoms with Crippen molar-refractivity contribution in [2.24, 2.45) is 16.7 Å². The number of hydrogen-bond acceptors (Lipinski definition) is 3. The summed E-state index contributed by atoms with van der Waals surface area (Å²) in [5, 5.41) is 0. The fourth-order valence-electron chi connectivity index (χ4n) is 4.52. The van der Waals surface area contributed by atoms with Crippen molar-refractivity contribution in [3.63, 3.8) is 0 Å². The van der Waals surface area contributed by atoms with Gasteiger partial charge in [-0.2, -0.15) is 0 Å². The Kier molecular flexibility index (Phi) is 1.74. The molecule has 3 nitrogen and oxygen atoms in total. The first-order chi connectivity index (χ1) is 8.42. The maximum atomic E-state index is 12.3. The zero-order valence-electron chi connectivity index (χ0n) is 11.3. The standard InChI is InChI=1S/C15H20O3/c1-9-5-4-6-10-7-15(8-13(9,10)2)11(16)17-12-14(15,3)18-12/h6,9,12H,4-5,7-8H2,1-3H3/t9-,12+,13+,14-,15+/m0/s1. The Labute approximate surface area is 108 Å². The van der Waals surface area contributed by atoms with Gasteiger partial charge in [0.05, 0.1) is 0 Å². The van der Waals surface area contributed by atoms with Gasteiger partial charge in [0.15, 0.2) is 0 Å². The zero-order chi connectivity index (χ0) is 12.8. The van der Waals surface area contributed by atoms with E-state index < -0.39 is 5.41 Å². The van der Waals surface area contributed by atoms with Gasteiger partial charge in [0, 0.05) is 0 Å². The lowest BCUT2D eigenvalue weighted by atomic mass is 9.66. The average Bonchev–Trinajstić information content (AvgIpc) is 2.77. The molecule has 98 valence electrons. The van der Waals surface area contributed by atoms with E-state index in [1.54, 1.807) is 0 Å². The van der Waals surface area contributed by atoms with Gasteiger partial charge in [-0.15, -0.1) is 0 Å². The maximum absolute atomic E-state index is 12.3. The van der Waals surface area contributed by atoms with Crippen molar-refractivity contribution in [3.8, 4) is 0 Å². The molecule has 0 aromatic rings. The summed E-state index contributed by atoms with van der Waals surface area (Å²) < 4.78 is 11.0. The van der Waals surface area contributed by atoms with E-state index in [9.17, 15) is 4.79 Å². The zero-order valence-corrected chi connectivity index (χ0v) is 11.3. The minimum absolute atomic E-state index is 0.0232. The van der Waals surface area contributed by atoms with Gasteiger partial charge in [-0.25, -0.2) is 0 Å². The van der Waals surface area contributed by atoms with Gasteiger partial charge in [0.1, 0.15) is 11.0 Å². The van der Waals surface area contributed by atoms with E-state index in [2.05, 4.69) is 26.8 Å². The summed E-state index contributed by atoms with van der Waals surface area (Å²) in [5.41, 5.74) is 0.874. The smallest absolute Gasteiger partial charge is 0.318 e. The molecule has 0 radical (unpaired) electrons. The number of fused-ring (bicyclic) bond motifs is 3. The van der Waals surface area contributed by atoms with Gasteiger partial charge >= 0.3 is 5.97 Å². The molecule has 0 amide bonds. The molecular formula is C15H20O3. The van der Waals surface area contributed by atoms with Gasteiger partial charge < -0.3 is 9.47 Å². The van der Waals surface area contributed by atoms with Crippen LogP contribution in [0.4, 0.5) is 0 Å². The van der Waals surface area contributed by atoms with Crippen molar-refractivity contribution in [3.05, 3.63) is 11.6 Å². The summed E-state index contributed by atoms with van der Waals surface area (Å²) in [6.45, 7) is 6.69. The minimum Gasteiger partial charge on any atom is -0.432 e. The molecule has 3 fully saturated rings. The van der Waals surface area contributed by atoms with Crippen LogP contribution in [0.3, 0.4) is 0 Å². The van der Waals surface area contributed by atoms with Crippen molar-refractivity contribution >= 4 is 5.97 Å². The molecule has 1 spiro atoms. The topological polar surface area (TPSA) is 38.8 Å². The summed E-state index contributed by atoms with van der Waals surface area (Å²) in [7, 11) is 0. The molecule has 0 aromatic carbocycles. The predicted molar refractivity (Wildman–Crippen MR) is 65.6 cm³/mol. The first-order valence-electron chi connectivity index (χ1n) is 7.01. The molecule has 0 unspecified atom stereocenters. The highest BCUT2D eigenvalue weighted by Crippen LogP contribution is 2.70. The average molecular weight is 248 g/mol. The van der Waals surface area contributed by atoms with Crippen LogP contribution in [0.25, 0.3) is 0 Å². The largest absolute Gasteiger partial charge is 0.432 e. The second-order valence-corrected chi connectivity index (χ2v) is 7.02. The van der Waals surface area contributed by atoms with E-state index in [-0.39, 0.29) is 23.3 Å². The normalized spacial score (nSPS) is 57.1. The first-order valence-corrected chi connectivity index (χ1v) is 7.01. The monoisotopic (exact) mass is 248 g/mol. The second-order valence-electron chi connectivity index (χ2n) is 7.02. The van der Waals surface area contributed by atoms with Gasteiger partial charge in [0.2, 0.25) is 6.29 Å². The molecule has 2 saturated heterocycles. The Bertz CT molecular complexity index is 482. The summed E-state index contributed by atoms with van der Waals surface area (Å²) in [6.07, 6.45) is 6.22. The first kappa shape index (κ1) is 11.0. The predicted octanol–water partition coefficient (Wildman–Crippen LogP) is 2.80. The highest BCUT2D eigenvalue weighted by atomic mass is 16.8. The van der Waals surface area contributed by atoms with Crippen LogP contribution < -0.4 is 0 Å². The van der Waals surface area contributed by atoms with Crippen LogP contribution in [0.5, 0.6) is 0 Å². The molecule has 1 saturated carbocycles. The minimum atomic E-state index is -0.406. The highest BCUT2D eigenvalue weighted by Gasteiger charge is 2.80. The Morgan fingerprint density at radius 3 is 2.78 bits per heavy atom. The lowest BCUT2D eigenvalue weighted by Gasteiger charge is -2.37. The van der Waals surface area contributed by atoms with Gasteiger partial charge in [-0.1, -0.05) is 25.5 Å². The van der Waals surface area contributed by atoms with Crippen molar-refractivity contribution in [1.82, 2.24) is 0 Å². The van der Waals surface area contributed by atoms with E-state index in [4.69, 9.17) is 9.47 Å². The fraction of sp³-hybridized carbons (Fsp3) is 0.800. The lowest BCUT2D eigenvalue weighted by molar-refractivity contribution is -0.161. The number of epoxide rings is 1. The molecule has 2 aliphatic heterocycles. The molecule has 18 heavy (non-hydrogen) atoms. The molecular weight excluding hydrogens is 228 g/mol. The number of esters is 1. The highest BCUT2D eigenvalue weighted by molar-refractivity contribution is 5.84. The van der Waals surface area contributed by atoms with Crippen molar-refractivity contribution in [2.75, 3.05) is 0 Å². The quantitative estimate of drug-likeness (QED) is 0.376. The molecule has 2 heterocycles. The Balaban J connectivity index is 1.81. The van der Waals surface area contributed by atoms with E-state index in [1.165, 1.54) is 12.0 Å². The van der Waals surface area contributed by atoms with E-state index >= 15 is 0 Å². The lowest BCUT2D eigenvalue weighted by Crippen LogP contribution is -2.39. The van der Waals surface area contributed by atoms with E-state index in [0.29, 0.717) is 5.92 Å². The summed E-state index contributed by atoms with van der Waals surface area (Å²) in [5.74, 6) is 0.621. The Hall–Kier alpha value is -0.830. The number of carbonyl (C=O) groups excluding carboxylic acids is 1. The molecule has 3 heteroatoms. The summed E-state index contributed by atoms with van der Waals surface area (Å²) in [4.78, 5) is 12.3. The van der Waals surface area contributed by atoms with Crippen LogP contribution in [0.15, 0.2) is 11.6 Å². The van der Waals surface area contributed by atoms with Crippen molar-refractivity contribution < 1.29 is 14.3 Å². The molecule has 4 aliphatic rings. The van der Waals surface area contributed by atoms with Crippen LogP contribution in [0.2, 0.25) is 0 Å². The summed E-state index contributed by atoms with van der Waals surface area (Å²) >= 11 is 0. The third-order valence-corrected chi connectivity index (χ3v) is 6.27. The number of allylic oxidation sites excluding steroid dienone is 2. The van der Waals surface area contributed by atoms with Crippen LogP contribution in [-0.4, -0.2) is 17.9 Å². The molecule has 5 atom stereocenters. The number of rotatable bonds is 0. The van der Waals surface area contributed by atoms with Crippen molar-refractivity contribution in [2.45, 2.75) is 58.3 Å². The van der Waals surface area contributed by atoms with Crippen LogP contribution in [-0.2, 0) is 14.3 Å². The molecule has 0 N–H and O–H groups in total. The Morgan fingerprint density at radius 1 is 1.39 bits per heavy atom. The summed E-state index contributed by atoms with van der Waals surface area (Å²) in [6, 6.07) is 0. The molecule has 4 rings (SSSR count). The number of carbonyl (C=O) groups is 1. The van der Waals surface area contributed by atoms with Crippen LogP contribution in [0.1, 0.15) is 46.5 Å². The number of hydrogen-bond donors (Lipinski definition) is 0. The molecule has 0 aromatic heterocycles. The van der Waals surface area contributed by atoms with Crippen LogP contribution in [0, 0.1) is 16.7 Å². The van der Waals surface area contributed by atoms with Gasteiger partial charge in [-0.3, -0.25) is 4.79 Å². The van der Waals surface area contributed by atoms with E-state index in [0.717, 1.165) is 19.3 Å². The second kappa shape index (κ2) is 2.84. The van der Waals surface area contributed by atoms with E-state index in [1.807, 2.05) is 0 Å². The van der Waals surface area contributed by atoms with Crippen molar-refractivity contribution in [1.29, 1.82) is 0 Å². The Morgan fingerprint density at radius 2 is 2.17 bits per heavy atom. The SMILES string of the molecule is C[C@H]1CCC=C2C[C@@]3(C[C@@]21C)C(=O)O[C@@H]1O[C@@]13C. The third kappa shape index (κ3) is 0.965. The van der Waals surface area contributed by atoms with Crippen LogP contribution >= 0.6 is 0 Å². The molecule has 2 aliphatic carbocycles. The third-order valence-electron chi connectivity index (χ3n) is 6.27.